The third kappa shape index (κ3) is 8.83. The van der Waals surface area contributed by atoms with Crippen molar-refractivity contribution in [2.24, 2.45) is 5.41 Å². The fourth-order valence-corrected chi connectivity index (χ4v) is 7.93. The molecule has 244 valence electrons. The third-order valence-electron chi connectivity index (χ3n) is 10.5. The second-order valence-electron chi connectivity index (χ2n) is 13.7. The fourth-order valence-electron chi connectivity index (χ4n) is 7.93. The smallest absolute Gasteiger partial charge is 0.305 e. The van der Waals surface area contributed by atoms with Gasteiger partial charge in [0, 0.05) is 63.4 Å². The van der Waals surface area contributed by atoms with Crippen LogP contribution in [0.1, 0.15) is 93.9 Å². The Morgan fingerprint density at radius 1 is 0.978 bits per heavy atom. The van der Waals surface area contributed by atoms with Crippen molar-refractivity contribution < 1.29 is 9.53 Å². The molecule has 1 aromatic carbocycles. The Bertz CT molecular complexity index is 1310. The summed E-state index contributed by atoms with van der Waals surface area (Å²) in [6.45, 7) is 11.4. The number of hydrogen-bond acceptors (Lipinski definition) is 7. The first-order chi connectivity index (χ1) is 22.1. The van der Waals surface area contributed by atoms with Gasteiger partial charge in [-0.2, -0.15) is 0 Å². The molecule has 1 spiro atoms. The number of nitrogens with one attached hydrogen (secondary N) is 1. The number of aromatic nitrogens is 4. The van der Waals surface area contributed by atoms with Gasteiger partial charge < -0.3 is 19.2 Å². The molecule has 0 unspecified atom stereocenters. The lowest BCUT2D eigenvalue weighted by Gasteiger charge is -2.43. The summed E-state index contributed by atoms with van der Waals surface area (Å²) in [5.41, 5.74) is 3.24. The zero-order valence-corrected chi connectivity index (χ0v) is 27.3. The highest BCUT2D eigenvalue weighted by Gasteiger charge is 2.41. The van der Waals surface area contributed by atoms with Gasteiger partial charge in [-0.25, -0.2) is 9.97 Å². The molecule has 2 aromatic heterocycles. The summed E-state index contributed by atoms with van der Waals surface area (Å²) in [6.07, 6.45) is 20.0. The molecule has 3 fully saturated rings. The summed E-state index contributed by atoms with van der Waals surface area (Å²) in [4.78, 5) is 32.1. The van der Waals surface area contributed by atoms with Crippen LogP contribution < -0.4 is 0 Å². The summed E-state index contributed by atoms with van der Waals surface area (Å²) in [5.74, 6) is 1.80. The van der Waals surface area contributed by atoms with Gasteiger partial charge in [0.2, 0.25) is 0 Å². The van der Waals surface area contributed by atoms with Crippen LogP contribution in [0.25, 0.3) is 0 Å². The largest absolute Gasteiger partial charge is 0.466 e. The van der Waals surface area contributed by atoms with E-state index in [2.05, 4.69) is 58.5 Å². The first-order valence-electron chi connectivity index (χ1n) is 17.5. The SMILES string of the molecule is CCOC(=O)CCCn1ccnc1CN(Cc1ccc(CN2CCC3(CCN(C4CCCCC4)CC3)C2)cc1)Cc1ncc[nH]1. The Hall–Kier alpha value is -3.01. The number of piperidine rings is 1. The van der Waals surface area contributed by atoms with Gasteiger partial charge in [-0.1, -0.05) is 43.5 Å². The van der Waals surface area contributed by atoms with Gasteiger partial charge in [0.25, 0.3) is 0 Å². The van der Waals surface area contributed by atoms with Crippen LogP contribution in [0.4, 0.5) is 0 Å². The normalized spacial score (nSPS) is 19.5. The van der Waals surface area contributed by atoms with Crippen LogP contribution in [0, 0.1) is 5.41 Å². The van der Waals surface area contributed by atoms with Gasteiger partial charge in [-0.3, -0.25) is 14.6 Å². The van der Waals surface area contributed by atoms with Crippen molar-refractivity contribution in [1.29, 1.82) is 0 Å². The van der Waals surface area contributed by atoms with Crippen LogP contribution >= 0.6 is 0 Å². The van der Waals surface area contributed by atoms with Crippen molar-refractivity contribution in [2.75, 3.05) is 32.8 Å². The zero-order valence-electron chi connectivity index (χ0n) is 27.3. The molecule has 0 bridgehead atoms. The molecule has 4 heterocycles. The van der Waals surface area contributed by atoms with E-state index in [1.54, 1.807) is 6.20 Å². The van der Waals surface area contributed by atoms with Crippen LogP contribution in [0.5, 0.6) is 0 Å². The average molecular weight is 616 g/mol. The third-order valence-corrected chi connectivity index (χ3v) is 10.5. The van der Waals surface area contributed by atoms with Crippen molar-refractivity contribution in [3.05, 3.63) is 71.8 Å². The van der Waals surface area contributed by atoms with Gasteiger partial charge in [-0.15, -0.1) is 0 Å². The number of likely N-dealkylation sites (tertiary alicyclic amines) is 2. The number of aromatic amines is 1. The molecule has 0 amide bonds. The van der Waals surface area contributed by atoms with Gasteiger partial charge >= 0.3 is 5.97 Å². The van der Waals surface area contributed by atoms with Gasteiger partial charge in [0.15, 0.2) is 0 Å². The topological polar surface area (TPSA) is 82.5 Å². The van der Waals surface area contributed by atoms with E-state index in [-0.39, 0.29) is 5.97 Å². The number of carbonyl (C=O) groups excluding carboxylic acids is 1. The van der Waals surface area contributed by atoms with E-state index in [4.69, 9.17) is 4.74 Å². The molecule has 45 heavy (non-hydrogen) atoms. The van der Waals surface area contributed by atoms with Crippen molar-refractivity contribution in [3.63, 3.8) is 0 Å². The predicted molar refractivity (Wildman–Crippen MR) is 176 cm³/mol. The molecule has 0 radical (unpaired) electrons. The molecule has 1 N–H and O–H groups in total. The summed E-state index contributed by atoms with van der Waals surface area (Å²) < 4.78 is 7.24. The molecule has 9 nitrogen and oxygen atoms in total. The second kappa shape index (κ2) is 15.5. The highest BCUT2D eigenvalue weighted by molar-refractivity contribution is 5.69. The second-order valence-corrected chi connectivity index (χ2v) is 13.7. The molecule has 2 saturated heterocycles. The average Bonchev–Trinajstić information content (AvgIpc) is 3.82. The lowest BCUT2D eigenvalue weighted by Crippen LogP contribution is -2.46. The first kappa shape index (κ1) is 32.0. The highest BCUT2D eigenvalue weighted by atomic mass is 16.5. The van der Waals surface area contributed by atoms with E-state index >= 15 is 0 Å². The molecule has 3 aromatic rings. The summed E-state index contributed by atoms with van der Waals surface area (Å²) in [5, 5.41) is 0. The number of esters is 1. The van der Waals surface area contributed by atoms with E-state index < -0.39 is 0 Å². The van der Waals surface area contributed by atoms with E-state index in [1.165, 1.54) is 88.7 Å². The Kier molecular flexibility index (Phi) is 11.0. The number of benzene rings is 1. The predicted octanol–water partition coefficient (Wildman–Crippen LogP) is 5.77. The van der Waals surface area contributed by atoms with Crippen LogP contribution in [-0.4, -0.2) is 79.0 Å². The molecule has 2 aliphatic heterocycles. The van der Waals surface area contributed by atoms with Crippen molar-refractivity contribution in [1.82, 2.24) is 34.2 Å². The van der Waals surface area contributed by atoms with E-state index in [0.717, 1.165) is 43.7 Å². The fraction of sp³-hybridized carbons (Fsp3) is 0.639. The van der Waals surface area contributed by atoms with Crippen molar-refractivity contribution in [2.45, 2.75) is 110 Å². The van der Waals surface area contributed by atoms with Crippen LogP contribution in [0.3, 0.4) is 0 Å². The minimum Gasteiger partial charge on any atom is -0.466 e. The summed E-state index contributed by atoms with van der Waals surface area (Å²) in [7, 11) is 0. The highest BCUT2D eigenvalue weighted by Crippen LogP contribution is 2.42. The number of imidazole rings is 2. The zero-order chi connectivity index (χ0) is 30.9. The number of H-pyrrole nitrogens is 1. The van der Waals surface area contributed by atoms with Crippen LogP contribution in [0.2, 0.25) is 0 Å². The number of nitrogens with zero attached hydrogens (tertiary/aromatic N) is 6. The number of rotatable bonds is 14. The molecule has 9 heteroatoms. The van der Waals surface area contributed by atoms with Gasteiger partial charge in [0.05, 0.1) is 19.7 Å². The molecular weight excluding hydrogens is 562 g/mol. The molecule has 0 atom stereocenters. The standard InChI is InChI=1S/C36H53N7O2/c1-2-45-35(44)9-6-20-43-24-19-39-34(43)28-41(27-33-37-17-18-38-33)26-31-12-10-30(11-13-31)25-40-21-14-36(29-40)15-22-42(23-16-36)32-7-4-3-5-8-32/h10-13,17-19,24,32H,2-9,14-16,20-23,25-29H2,1H3,(H,37,38). The Morgan fingerprint density at radius 2 is 1.76 bits per heavy atom. The van der Waals surface area contributed by atoms with Gasteiger partial charge in [-0.05, 0) is 81.6 Å². The number of ether oxygens (including phenoxy) is 1. The Balaban J connectivity index is 1.01. The maximum absolute atomic E-state index is 11.8. The van der Waals surface area contributed by atoms with E-state index in [0.29, 0.717) is 31.5 Å². The monoisotopic (exact) mass is 615 g/mol. The summed E-state index contributed by atoms with van der Waals surface area (Å²) >= 11 is 0. The number of hydrogen-bond donors (Lipinski definition) is 1. The molecule has 1 saturated carbocycles. The Morgan fingerprint density at radius 3 is 2.51 bits per heavy atom. The minimum atomic E-state index is -0.138. The summed E-state index contributed by atoms with van der Waals surface area (Å²) in [6, 6.07) is 10.1. The van der Waals surface area contributed by atoms with Gasteiger partial charge in [0.1, 0.15) is 11.6 Å². The maximum Gasteiger partial charge on any atom is 0.305 e. The molecular formula is C36H53N7O2. The molecule has 1 aliphatic carbocycles. The number of aryl methyl sites for hydroxylation is 1. The van der Waals surface area contributed by atoms with Crippen molar-refractivity contribution >= 4 is 5.97 Å². The van der Waals surface area contributed by atoms with Crippen LogP contribution in [-0.2, 0) is 42.3 Å². The molecule has 3 aliphatic rings. The van der Waals surface area contributed by atoms with Crippen LogP contribution in [0.15, 0.2) is 49.1 Å². The Labute approximate surface area is 269 Å². The van der Waals surface area contributed by atoms with E-state index in [9.17, 15) is 4.79 Å². The maximum atomic E-state index is 11.8. The van der Waals surface area contributed by atoms with E-state index in [1.807, 2.05) is 25.5 Å². The lowest BCUT2D eigenvalue weighted by atomic mass is 9.77. The minimum absolute atomic E-state index is 0.138. The first-order valence-corrected chi connectivity index (χ1v) is 17.5. The molecule has 6 rings (SSSR count). The number of carbonyl (C=O) groups is 1. The lowest BCUT2D eigenvalue weighted by molar-refractivity contribution is -0.143. The van der Waals surface area contributed by atoms with Crippen molar-refractivity contribution in [3.8, 4) is 0 Å². The quantitative estimate of drug-likeness (QED) is 0.231.